The summed E-state index contributed by atoms with van der Waals surface area (Å²) in [4.78, 5) is 2.52. The lowest BCUT2D eigenvalue weighted by atomic mass is 9.82. The molecular weight excluding hydrogens is 172 g/mol. The maximum Gasteiger partial charge on any atom is 0.0206 e. The molecule has 2 heteroatoms. The van der Waals surface area contributed by atoms with E-state index >= 15 is 0 Å². The standard InChI is InChI=1S/C12H26N2/c1-9-6-14(8-11(9)13)7-10(2)12(3,4)5/h9-11H,6-8,13H2,1-5H3. The Morgan fingerprint density at radius 1 is 1.36 bits per heavy atom. The molecule has 0 aliphatic carbocycles. The number of hydrogen-bond acceptors (Lipinski definition) is 2. The van der Waals surface area contributed by atoms with E-state index in [9.17, 15) is 0 Å². The van der Waals surface area contributed by atoms with E-state index in [0.29, 0.717) is 17.4 Å². The van der Waals surface area contributed by atoms with Gasteiger partial charge in [0.15, 0.2) is 0 Å². The molecule has 3 unspecified atom stereocenters. The molecule has 1 heterocycles. The van der Waals surface area contributed by atoms with Crippen molar-refractivity contribution in [2.45, 2.75) is 40.7 Å². The third-order valence-electron chi connectivity index (χ3n) is 3.76. The van der Waals surface area contributed by atoms with E-state index in [1.807, 2.05) is 0 Å². The van der Waals surface area contributed by atoms with Gasteiger partial charge in [-0.25, -0.2) is 0 Å². The van der Waals surface area contributed by atoms with Crippen LogP contribution in [0.5, 0.6) is 0 Å². The normalized spacial score (nSPS) is 32.1. The zero-order valence-electron chi connectivity index (χ0n) is 10.4. The quantitative estimate of drug-likeness (QED) is 0.735. The van der Waals surface area contributed by atoms with E-state index in [-0.39, 0.29) is 0 Å². The average molecular weight is 198 g/mol. The summed E-state index contributed by atoms with van der Waals surface area (Å²) < 4.78 is 0. The predicted molar refractivity (Wildman–Crippen MR) is 62.2 cm³/mol. The van der Waals surface area contributed by atoms with Crippen LogP contribution in [0.4, 0.5) is 0 Å². The van der Waals surface area contributed by atoms with Gasteiger partial charge in [0.05, 0.1) is 0 Å². The van der Waals surface area contributed by atoms with E-state index in [4.69, 9.17) is 5.73 Å². The first-order valence-corrected chi connectivity index (χ1v) is 5.78. The van der Waals surface area contributed by atoms with Crippen LogP contribution in [0, 0.1) is 17.3 Å². The van der Waals surface area contributed by atoms with Crippen molar-refractivity contribution in [2.24, 2.45) is 23.0 Å². The lowest BCUT2D eigenvalue weighted by molar-refractivity contribution is 0.179. The van der Waals surface area contributed by atoms with Gasteiger partial charge in [-0.05, 0) is 17.3 Å². The van der Waals surface area contributed by atoms with Crippen LogP contribution in [-0.2, 0) is 0 Å². The number of rotatable bonds is 2. The molecule has 0 saturated carbocycles. The number of nitrogens with zero attached hydrogens (tertiary/aromatic N) is 1. The van der Waals surface area contributed by atoms with Gasteiger partial charge in [-0.15, -0.1) is 0 Å². The molecule has 0 amide bonds. The molecule has 1 rings (SSSR count). The van der Waals surface area contributed by atoms with Gasteiger partial charge in [0.1, 0.15) is 0 Å². The molecule has 1 aliphatic rings. The van der Waals surface area contributed by atoms with Crippen molar-refractivity contribution in [1.82, 2.24) is 4.90 Å². The van der Waals surface area contributed by atoms with Gasteiger partial charge in [-0.2, -0.15) is 0 Å². The highest BCUT2D eigenvalue weighted by atomic mass is 15.2. The second kappa shape index (κ2) is 4.19. The van der Waals surface area contributed by atoms with Crippen LogP contribution in [0.1, 0.15) is 34.6 Å². The van der Waals surface area contributed by atoms with Crippen molar-refractivity contribution in [3.8, 4) is 0 Å². The zero-order chi connectivity index (χ0) is 10.9. The Balaban J connectivity index is 2.40. The molecule has 0 aromatic carbocycles. The van der Waals surface area contributed by atoms with Crippen molar-refractivity contribution < 1.29 is 0 Å². The van der Waals surface area contributed by atoms with Gasteiger partial charge in [0.25, 0.3) is 0 Å². The molecule has 1 saturated heterocycles. The molecular formula is C12H26N2. The maximum atomic E-state index is 6.01. The topological polar surface area (TPSA) is 29.3 Å². The van der Waals surface area contributed by atoms with Crippen molar-refractivity contribution in [3.63, 3.8) is 0 Å². The monoisotopic (exact) mass is 198 g/mol. The van der Waals surface area contributed by atoms with Gasteiger partial charge in [0.2, 0.25) is 0 Å². The van der Waals surface area contributed by atoms with Gasteiger partial charge in [-0.1, -0.05) is 34.6 Å². The van der Waals surface area contributed by atoms with Gasteiger partial charge in [0, 0.05) is 25.7 Å². The van der Waals surface area contributed by atoms with Crippen molar-refractivity contribution in [1.29, 1.82) is 0 Å². The molecule has 14 heavy (non-hydrogen) atoms. The van der Waals surface area contributed by atoms with Crippen LogP contribution in [0.3, 0.4) is 0 Å². The Morgan fingerprint density at radius 3 is 2.29 bits per heavy atom. The first-order valence-electron chi connectivity index (χ1n) is 5.78. The molecule has 1 aliphatic heterocycles. The smallest absolute Gasteiger partial charge is 0.0206 e. The van der Waals surface area contributed by atoms with Crippen LogP contribution in [0.15, 0.2) is 0 Å². The molecule has 0 aromatic rings. The predicted octanol–water partition coefficient (Wildman–Crippen LogP) is 1.95. The number of nitrogens with two attached hydrogens (primary N) is 1. The maximum absolute atomic E-state index is 6.01. The summed E-state index contributed by atoms with van der Waals surface area (Å²) in [6.45, 7) is 15.0. The molecule has 2 nitrogen and oxygen atoms in total. The summed E-state index contributed by atoms with van der Waals surface area (Å²) >= 11 is 0. The fourth-order valence-electron chi connectivity index (χ4n) is 1.91. The summed E-state index contributed by atoms with van der Waals surface area (Å²) in [5, 5.41) is 0. The van der Waals surface area contributed by atoms with Gasteiger partial charge in [-0.3, -0.25) is 0 Å². The zero-order valence-corrected chi connectivity index (χ0v) is 10.4. The minimum Gasteiger partial charge on any atom is -0.326 e. The molecule has 0 radical (unpaired) electrons. The number of likely N-dealkylation sites (tertiary alicyclic amines) is 1. The fourth-order valence-corrected chi connectivity index (χ4v) is 1.91. The van der Waals surface area contributed by atoms with E-state index in [1.54, 1.807) is 0 Å². The summed E-state index contributed by atoms with van der Waals surface area (Å²) in [5.41, 5.74) is 6.42. The van der Waals surface area contributed by atoms with Crippen LogP contribution in [-0.4, -0.2) is 30.6 Å². The molecule has 1 fully saturated rings. The van der Waals surface area contributed by atoms with Crippen molar-refractivity contribution >= 4 is 0 Å². The van der Waals surface area contributed by atoms with E-state index in [1.165, 1.54) is 13.1 Å². The number of hydrogen-bond donors (Lipinski definition) is 1. The second-order valence-corrected chi connectivity index (χ2v) is 6.13. The lowest BCUT2D eigenvalue weighted by Crippen LogP contribution is -2.34. The Hall–Kier alpha value is -0.0800. The molecule has 0 bridgehead atoms. The highest BCUT2D eigenvalue weighted by molar-refractivity contribution is 4.86. The molecule has 0 aromatic heterocycles. The summed E-state index contributed by atoms with van der Waals surface area (Å²) in [7, 11) is 0. The third kappa shape index (κ3) is 2.96. The van der Waals surface area contributed by atoms with Gasteiger partial charge >= 0.3 is 0 Å². The minimum atomic E-state index is 0.391. The van der Waals surface area contributed by atoms with Crippen LogP contribution < -0.4 is 5.73 Å². The Kier molecular flexibility index (Phi) is 3.59. The van der Waals surface area contributed by atoms with Crippen LogP contribution in [0.2, 0.25) is 0 Å². The molecule has 3 atom stereocenters. The van der Waals surface area contributed by atoms with E-state index in [0.717, 1.165) is 12.5 Å². The van der Waals surface area contributed by atoms with E-state index in [2.05, 4.69) is 39.5 Å². The molecule has 84 valence electrons. The van der Waals surface area contributed by atoms with Crippen LogP contribution in [0.25, 0.3) is 0 Å². The first kappa shape index (κ1) is 12.0. The molecule has 2 N–H and O–H groups in total. The highest BCUT2D eigenvalue weighted by Gasteiger charge is 2.29. The summed E-state index contributed by atoms with van der Waals surface area (Å²) in [6, 6.07) is 0.391. The summed E-state index contributed by atoms with van der Waals surface area (Å²) in [6.07, 6.45) is 0. The minimum absolute atomic E-state index is 0.391. The lowest BCUT2D eigenvalue weighted by Gasteiger charge is -2.31. The second-order valence-electron chi connectivity index (χ2n) is 6.13. The first-order chi connectivity index (χ1) is 6.30. The third-order valence-corrected chi connectivity index (χ3v) is 3.76. The highest BCUT2D eigenvalue weighted by Crippen LogP contribution is 2.27. The Bertz CT molecular complexity index is 173. The Morgan fingerprint density at radius 2 is 1.93 bits per heavy atom. The van der Waals surface area contributed by atoms with E-state index < -0.39 is 0 Å². The Labute approximate surface area is 88.8 Å². The average Bonchev–Trinajstić information content (AvgIpc) is 2.29. The fraction of sp³-hybridized carbons (Fsp3) is 1.00. The summed E-state index contributed by atoms with van der Waals surface area (Å²) in [5.74, 6) is 1.40. The van der Waals surface area contributed by atoms with Crippen LogP contribution >= 0.6 is 0 Å². The molecule has 0 spiro atoms. The largest absolute Gasteiger partial charge is 0.326 e. The SMILES string of the molecule is CC1CN(CC(C)C(C)(C)C)CC1N. The van der Waals surface area contributed by atoms with Gasteiger partial charge < -0.3 is 10.6 Å². The van der Waals surface area contributed by atoms with Crippen molar-refractivity contribution in [2.75, 3.05) is 19.6 Å². The van der Waals surface area contributed by atoms with Crippen molar-refractivity contribution in [3.05, 3.63) is 0 Å².